The fourth-order valence-corrected chi connectivity index (χ4v) is 7.58. The second kappa shape index (κ2) is 15.7. The summed E-state index contributed by atoms with van der Waals surface area (Å²) in [6, 6.07) is 26.5. The van der Waals surface area contributed by atoms with Crippen LogP contribution < -0.4 is 5.32 Å². The van der Waals surface area contributed by atoms with E-state index < -0.39 is 53.5 Å². The largest absolute Gasteiger partial charge is 0.481 e. The molecule has 0 saturated carbocycles. The Kier molecular flexibility index (Phi) is 12.0. The topological polar surface area (TPSA) is 160 Å². The standard InChI is InChI=1S/C36H41ClN2O7/c1-24-35(33(42)43,17-9-19-38)32(27-14-8-15-28(37)20-27)36(34(44)45,31(39-24)23-46-22-29(41)21-40)18-16-30(25-10-4-2-5-11-25)26-12-6-3-7-13-26/h2-8,10-15,20,24,29-32,39-41H,9,16-18,21-23H2,1H3,(H,42,43)(H,44,45). The Morgan fingerprint density at radius 2 is 1.57 bits per heavy atom. The first-order valence-corrected chi connectivity index (χ1v) is 15.8. The van der Waals surface area contributed by atoms with Crippen molar-refractivity contribution in [2.24, 2.45) is 10.8 Å². The Morgan fingerprint density at radius 1 is 0.957 bits per heavy atom. The van der Waals surface area contributed by atoms with Gasteiger partial charge >= 0.3 is 11.9 Å². The third kappa shape index (κ3) is 7.12. The van der Waals surface area contributed by atoms with Crippen molar-refractivity contribution in [2.75, 3.05) is 19.8 Å². The average Bonchev–Trinajstić information content (AvgIpc) is 3.05. The van der Waals surface area contributed by atoms with Crippen LogP contribution in [0.15, 0.2) is 84.9 Å². The molecule has 0 radical (unpaired) electrons. The molecule has 5 N–H and O–H groups in total. The average molecular weight is 649 g/mol. The van der Waals surface area contributed by atoms with Crippen LogP contribution in [0.4, 0.5) is 0 Å². The summed E-state index contributed by atoms with van der Waals surface area (Å²) in [6.07, 6.45) is -0.996. The summed E-state index contributed by atoms with van der Waals surface area (Å²) in [4.78, 5) is 27.5. The van der Waals surface area contributed by atoms with E-state index in [0.717, 1.165) is 11.1 Å². The summed E-state index contributed by atoms with van der Waals surface area (Å²) in [5.41, 5.74) is -1.08. The quantitative estimate of drug-likeness (QED) is 0.149. The van der Waals surface area contributed by atoms with Crippen molar-refractivity contribution in [1.29, 1.82) is 5.26 Å². The number of aliphatic carboxylic acids is 2. The van der Waals surface area contributed by atoms with Crippen LogP contribution in [0.3, 0.4) is 0 Å². The van der Waals surface area contributed by atoms with Gasteiger partial charge in [-0.05, 0) is 55.0 Å². The predicted molar refractivity (Wildman–Crippen MR) is 173 cm³/mol. The van der Waals surface area contributed by atoms with Crippen LogP contribution in [0.1, 0.15) is 61.1 Å². The van der Waals surface area contributed by atoms with Gasteiger partial charge in [0, 0.05) is 35.4 Å². The number of nitrogens with zero attached hydrogens (tertiary/aromatic N) is 1. The number of hydrogen-bond donors (Lipinski definition) is 5. The molecule has 0 amide bonds. The first-order chi connectivity index (χ1) is 22.1. The van der Waals surface area contributed by atoms with Crippen molar-refractivity contribution in [2.45, 2.75) is 62.6 Å². The second-order valence-electron chi connectivity index (χ2n) is 12.1. The number of ether oxygens (including phenoxy) is 1. The monoisotopic (exact) mass is 648 g/mol. The number of carbonyl (C=O) groups is 2. The molecule has 46 heavy (non-hydrogen) atoms. The molecule has 1 aliphatic rings. The van der Waals surface area contributed by atoms with Gasteiger partial charge in [0.15, 0.2) is 0 Å². The Morgan fingerprint density at radius 3 is 2.09 bits per heavy atom. The minimum Gasteiger partial charge on any atom is -0.481 e. The fraction of sp³-hybridized carbons (Fsp3) is 0.417. The number of carboxylic acids is 2. The van der Waals surface area contributed by atoms with Gasteiger partial charge in [0.05, 0.1) is 36.7 Å². The van der Waals surface area contributed by atoms with Crippen LogP contribution in [0.5, 0.6) is 0 Å². The lowest BCUT2D eigenvalue weighted by Gasteiger charge is -2.58. The maximum atomic E-state index is 14.0. The first-order valence-electron chi connectivity index (χ1n) is 15.4. The molecule has 1 fully saturated rings. The van der Waals surface area contributed by atoms with Crippen molar-refractivity contribution < 1.29 is 34.8 Å². The molecule has 0 aromatic heterocycles. The molecule has 1 aliphatic heterocycles. The van der Waals surface area contributed by atoms with Gasteiger partial charge in [-0.25, -0.2) is 0 Å². The highest BCUT2D eigenvalue weighted by atomic mass is 35.5. The molecule has 244 valence electrons. The molecule has 1 saturated heterocycles. The molecular formula is C36H41ClN2O7. The van der Waals surface area contributed by atoms with E-state index in [1.807, 2.05) is 60.7 Å². The number of hydrogen-bond acceptors (Lipinski definition) is 7. The molecule has 0 bridgehead atoms. The van der Waals surface area contributed by atoms with Crippen molar-refractivity contribution in [3.05, 3.63) is 107 Å². The molecule has 3 aromatic carbocycles. The van der Waals surface area contributed by atoms with Crippen LogP contribution in [0, 0.1) is 22.2 Å². The molecule has 0 aliphatic carbocycles. The van der Waals surface area contributed by atoms with Gasteiger partial charge in [0.1, 0.15) is 6.10 Å². The van der Waals surface area contributed by atoms with Crippen molar-refractivity contribution >= 4 is 23.5 Å². The zero-order valence-corrected chi connectivity index (χ0v) is 26.5. The van der Waals surface area contributed by atoms with E-state index in [4.69, 9.17) is 16.3 Å². The summed E-state index contributed by atoms with van der Waals surface area (Å²) < 4.78 is 5.81. The highest BCUT2D eigenvalue weighted by Gasteiger charge is 2.67. The maximum Gasteiger partial charge on any atom is 0.311 e. The van der Waals surface area contributed by atoms with Crippen LogP contribution in [-0.4, -0.2) is 70.4 Å². The Bertz CT molecular complexity index is 1460. The van der Waals surface area contributed by atoms with E-state index >= 15 is 0 Å². The number of rotatable bonds is 15. The van der Waals surface area contributed by atoms with E-state index in [0.29, 0.717) is 17.0 Å². The van der Waals surface area contributed by atoms with Gasteiger partial charge in [-0.15, -0.1) is 0 Å². The normalized spacial score (nSPS) is 25.1. The summed E-state index contributed by atoms with van der Waals surface area (Å²) in [7, 11) is 0. The van der Waals surface area contributed by atoms with Gasteiger partial charge in [-0.2, -0.15) is 5.26 Å². The molecule has 1 heterocycles. The molecule has 10 heteroatoms. The molecule has 3 aromatic rings. The van der Waals surface area contributed by atoms with Gasteiger partial charge in [0.2, 0.25) is 0 Å². The van der Waals surface area contributed by atoms with Crippen LogP contribution in [-0.2, 0) is 14.3 Å². The zero-order chi connectivity index (χ0) is 33.3. The number of aliphatic hydroxyl groups excluding tert-OH is 2. The molecule has 6 atom stereocenters. The molecule has 0 spiro atoms. The number of nitrogens with one attached hydrogen (secondary N) is 1. The first kappa shape index (κ1) is 35.1. The summed E-state index contributed by atoms with van der Waals surface area (Å²) in [6.45, 7) is 0.743. The molecular weight excluding hydrogens is 608 g/mol. The predicted octanol–water partition coefficient (Wildman–Crippen LogP) is 5.21. The molecule has 9 nitrogen and oxygen atoms in total. The lowest BCUT2D eigenvalue weighted by Crippen LogP contribution is -2.71. The van der Waals surface area contributed by atoms with Gasteiger partial charge < -0.3 is 30.5 Å². The van der Waals surface area contributed by atoms with Gasteiger partial charge in [-0.1, -0.05) is 84.4 Å². The van der Waals surface area contributed by atoms with E-state index in [1.54, 1.807) is 31.2 Å². The molecule has 4 rings (SSSR count). The third-order valence-electron chi connectivity index (χ3n) is 9.56. The zero-order valence-electron chi connectivity index (χ0n) is 25.8. The van der Waals surface area contributed by atoms with Crippen LogP contribution >= 0.6 is 11.6 Å². The highest BCUT2D eigenvalue weighted by Crippen LogP contribution is 2.60. The Labute approximate surface area is 274 Å². The van der Waals surface area contributed by atoms with Gasteiger partial charge in [0.25, 0.3) is 0 Å². The Hall–Kier alpha value is -3.78. The smallest absolute Gasteiger partial charge is 0.311 e. The highest BCUT2D eigenvalue weighted by molar-refractivity contribution is 6.30. The van der Waals surface area contributed by atoms with Crippen molar-refractivity contribution in [3.63, 3.8) is 0 Å². The fourth-order valence-electron chi connectivity index (χ4n) is 7.38. The van der Waals surface area contributed by atoms with Crippen molar-refractivity contribution in [3.8, 4) is 6.07 Å². The lowest BCUT2D eigenvalue weighted by molar-refractivity contribution is -0.177. The molecule has 6 unspecified atom stereocenters. The number of piperidine rings is 1. The number of carboxylic acid groups (broad SMARTS) is 2. The minimum absolute atomic E-state index is 0.0336. The van der Waals surface area contributed by atoms with Crippen LogP contribution in [0.25, 0.3) is 0 Å². The third-order valence-corrected chi connectivity index (χ3v) is 9.80. The van der Waals surface area contributed by atoms with E-state index in [9.17, 15) is 35.3 Å². The summed E-state index contributed by atoms with van der Waals surface area (Å²) >= 11 is 6.47. The summed E-state index contributed by atoms with van der Waals surface area (Å²) in [5, 5.41) is 55.0. The number of halogens is 1. The maximum absolute atomic E-state index is 14.0. The van der Waals surface area contributed by atoms with Gasteiger partial charge in [-0.3, -0.25) is 9.59 Å². The minimum atomic E-state index is -1.78. The van der Waals surface area contributed by atoms with Crippen molar-refractivity contribution in [1.82, 2.24) is 5.32 Å². The lowest BCUT2D eigenvalue weighted by atomic mass is 9.49. The Balaban J connectivity index is 1.95. The number of benzene rings is 3. The SMILES string of the molecule is CC1NC(COCC(O)CO)C(CCC(c2ccccc2)c2ccccc2)(C(=O)O)C(c2cccc(Cl)c2)C1(CCC#N)C(=O)O. The van der Waals surface area contributed by atoms with E-state index in [-0.39, 0.29) is 38.4 Å². The second-order valence-corrected chi connectivity index (χ2v) is 12.5. The van der Waals surface area contributed by atoms with E-state index in [2.05, 4.69) is 11.4 Å². The van der Waals surface area contributed by atoms with E-state index in [1.165, 1.54) is 0 Å². The number of nitriles is 1. The number of aliphatic hydroxyl groups is 2. The summed E-state index contributed by atoms with van der Waals surface area (Å²) in [5.74, 6) is -3.78. The van der Waals surface area contributed by atoms with Crippen LogP contribution in [0.2, 0.25) is 5.02 Å².